The molecule has 0 aromatic heterocycles. The zero-order chi connectivity index (χ0) is 12.8. The van der Waals surface area contributed by atoms with E-state index in [0.29, 0.717) is 11.5 Å². The van der Waals surface area contributed by atoms with E-state index in [1.807, 2.05) is 6.07 Å². The maximum atomic E-state index is 5.40. The van der Waals surface area contributed by atoms with Crippen LogP contribution in [0, 0.1) is 0 Å². The van der Waals surface area contributed by atoms with Gasteiger partial charge in [0.05, 0.1) is 7.11 Å². The number of fused-ring (bicyclic) bond motifs is 2. The van der Waals surface area contributed by atoms with Crippen molar-refractivity contribution in [1.82, 2.24) is 4.90 Å². The molecule has 2 fully saturated rings. The summed E-state index contributed by atoms with van der Waals surface area (Å²) in [5.74, 6) is 0.991. The Morgan fingerprint density at radius 2 is 2.22 bits per heavy atom. The summed E-state index contributed by atoms with van der Waals surface area (Å²) >= 11 is 0. The van der Waals surface area contributed by atoms with Gasteiger partial charge < -0.3 is 4.74 Å². The fourth-order valence-electron chi connectivity index (χ4n) is 4.15. The van der Waals surface area contributed by atoms with E-state index in [1.54, 1.807) is 7.11 Å². The van der Waals surface area contributed by atoms with E-state index >= 15 is 0 Å². The van der Waals surface area contributed by atoms with Gasteiger partial charge in [0.1, 0.15) is 5.75 Å². The Labute approximate surface area is 110 Å². The predicted octanol–water partition coefficient (Wildman–Crippen LogP) is 3.21. The highest BCUT2D eigenvalue weighted by Crippen LogP contribution is 2.51. The van der Waals surface area contributed by atoms with E-state index in [1.165, 1.54) is 31.2 Å². The molecule has 18 heavy (non-hydrogen) atoms. The first-order chi connectivity index (χ1) is 8.67. The fourth-order valence-corrected chi connectivity index (χ4v) is 4.15. The zero-order valence-corrected chi connectivity index (χ0v) is 11.6. The number of nitrogens with zero attached hydrogens (tertiary/aromatic N) is 1. The number of hydrogen-bond acceptors (Lipinski definition) is 2. The molecule has 1 aliphatic heterocycles. The maximum absolute atomic E-state index is 5.40. The van der Waals surface area contributed by atoms with Crippen molar-refractivity contribution in [2.24, 2.45) is 0 Å². The molecule has 2 nitrogen and oxygen atoms in total. The summed E-state index contributed by atoms with van der Waals surface area (Å²) in [5.41, 5.74) is 1.83. The lowest BCUT2D eigenvalue weighted by Crippen LogP contribution is -2.38. The van der Waals surface area contributed by atoms with Crippen LogP contribution in [-0.2, 0) is 5.41 Å². The minimum absolute atomic E-state index is 0.353. The van der Waals surface area contributed by atoms with Gasteiger partial charge in [-0.3, -0.25) is 4.90 Å². The van der Waals surface area contributed by atoms with Gasteiger partial charge in [-0.25, -0.2) is 0 Å². The average Bonchev–Trinajstić information content (AvgIpc) is 2.61. The first kappa shape index (κ1) is 12.0. The van der Waals surface area contributed by atoms with E-state index < -0.39 is 0 Å². The normalized spacial score (nSPS) is 35.7. The van der Waals surface area contributed by atoms with Gasteiger partial charge in [-0.15, -0.1) is 0 Å². The Morgan fingerprint density at radius 3 is 3.00 bits per heavy atom. The molecular weight excluding hydrogens is 222 g/mol. The summed E-state index contributed by atoms with van der Waals surface area (Å²) in [6.45, 7) is 2.39. The molecule has 0 unspecified atom stereocenters. The van der Waals surface area contributed by atoms with Crippen LogP contribution in [0.2, 0.25) is 0 Å². The zero-order valence-electron chi connectivity index (χ0n) is 11.6. The summed E-state index contributed by atoms with van der Waals surface area (Å²) in [6.07, 6.45) is 5.36. The third-order valence-corrected chi connectivity index (χ3v) is 5.39. The minimum Gasteiger partial charge on any atom is -0.497 e. The third-order valence-electron chi connectivity index (χ3n) is 5.39. The van der Waals surface area contributed by atoms with Crippen LogP contribution in [0.5, 0.6) is 5.75 Å². The second-order valence-electron chi connectivity index (χ2n) is 5.98. The van der Waals surface area contributed by atoms with Crippen LogP contribution < -0.4 is 4.74 Å². The topological polar surface area (TPSA) is 12.5 Å². The number of ether oxygens (including phenoxy) is 1. The van der Waals surface area contributed by atoms with Crippen LogP contribution in [0.25, 0.3) is 0 Å². The van der Waals surface area contributed by atoms with Crippen LogP contribution in [0.1, 0.15) is 38.2 Å². The Bertz CT molecular complexity index is 444. The summed E-state index contributed by atoms with van der Waals surface area (Å²) in [6, 6.07) is 10.1. The molecule has 3 atom stereocenters. The van der Waals surface area contributed by atoms with Crippen LogP contribution in [0.3, 0.4) is 0 Å². The van der Waals surface area contributed by atoms with Crippen molar-refractivity contribution < 1.29 is 4.74 Å². The van der Waals surface area contributed by atoms with E-state index in [-0.39, 0.29) is 0 Å². The molecular formula is C16H23NO. The average molecular weight is 245 g/mol. The highest BCUT2D eigenvalue weighted by atomic mass is 16.5. The predicted molar refractivity (Wildman–Crippen MR) is 74.2 cm³/mol. The van der Waals surface area contributed by atoms with Gasteiger partial charge in [0.25, 0.3) is 0 Å². The van der Waals surface area contributed by atoms with Gasteiger partial charge in [-0.2, -0.15) is 0 Å². The van der Waals surface area contributed by atoms with Crippen molar-refractivity contribution in [3.05, 3.63) is 29.8 Å². The third kappa shape index (κ3) is 1.58. The Morgan fingerprint density at radius 1 is 1.39 bits per heavy atom. The molecule has 1 aromatic rings. The number of hydrogen-bond donors (Lipinski definition) is 0. The van der Waals surface area contributed by atoms with E-state index in [9.17, 15) is 0 Å². The molecule has 0 amide bonds. The highest BCUT2D eigenvalue weighted by molar-refractivity contribution is 5.37. The van der Waals surface area contributed by atoms with Gasteiger partial charge in [-0.1, -0.05) is 18.6 Å². The monoisotopic (exact) mass is 245 g/mol. The molecule has 1 saturated carbocycles. The quantitative estimate of drug-likeness (QED) is 0.793. The van der Waals surface area contributed by atoms with Crippen molar-refractivity contribution >= 4 is 0 Å². The molecule has 2 aliphatic rings. The second-order valence-corrected chi connectivity index (χ2v) is 5.98. The van der Waals surface area contributed by atoms with E-state index in [4.69, 9.17) is 4.74 Å². The number of rotatable bonds is 2. The van der Waals surface area contributed by atoms with Gasteiger partial charge in [0, 0.05) is 17.5 Å². The van der Waals surface area contributed by atoms with Crippen LogP contribution in [0.15, 0.2) is 24.3 Å². The number of likely N-dealkylation sites (tertiary alicyclic amines) is 1. The number of methoxy groups -OCH3 is 1. The lowest BCUT2D eigenvalue weighted by molar-refractivity contribution is 0.239. The summed E-state index contributed by atoms with van der Waals surface area (Å²) in [7, 11) is 4.05. The summed E-state index contributed by atoms with van der Waals surface area (Å²) in [5, 5.41) is 0. The SMILES string of the molecule is COc1cccc([C@@]23CCC[C@@H](C2)N(C)[C@@H]3C)c1. The Kier molecular flexibility index (Phi) is 2.86. The van der Waals surface area contributed by atoms with Crippen LogP contribution in [0.4, 0.5) is 0 Å². The molecule has 0 N–H and O–H groups in total. The first-order valence-corrected chi connectivity index (χ1v) is 7.04. The smallest absolute Gasteiger partial charge is 0.119 e. The molecule has 3 rings (SSSR count). The molecule has 0 spiro atoms. The molecule has 2 heteroatoms. The van der Waals surface area contributed by atoms with Gasteiger partial charge in [-0.05, 0) is 50.9 Å². The van der Waals surface area contributed by atoms with Gasteiger partial charge >= 0.3 is 0 Å². The van der Waals surface area contributed by atoms with Gasteiger partial charge in [0.2, 0.25) is 0 Å². The Hall–Kier alpha value is -1.02. The van der Waals surface area contributed by atoms with Crippen molar-refractivity contribution in [1.29, 1.82) is 0 Å². The number of likely N-dealkylation sites (N-methyl/N-ethyl adjacent to an activating group) is 1. The minimum atomic E-state index is 0.353. The van der Waals surface area contributed by atoms with Crippen LogP contribution in [-0.4, -0.2) is 31.1 Å². The van der Waals surface area contributed by atoms with Crippen molar-refractivity contribution in [3.63, 3.8) is 0 Å². The molecule has 0 radical (unpaired) electrons. The van der Waals surface area contributed by atoms with Crippen LogP contribution >= 0.6 is 0 Å². The molecule has 2 bridgehead atoms. The molecule has 1 saturated heterocycles. The molecule has 98 valence electrons. The maximum Gasteiger partial charge on any atom is 0.119 e. The first-order valence-electron chi connectivity index (χ1n) is 7.04. The summed E-state index contributed by atoms with van der Waals surface area (Å²) in [4.78, 5) is 2.59. The Balaban J connectivity index is 2.03. The molecule has 1 aromatic carbocycles. The second kappa shape index (κ2) is 4.27. The molecule has 1 heterocycles. The van der Waals surface area contributed by atoms with Gasteiger partial charge in [0.15, 0.2) is 0 Å². The van der Waals surface area contributed by atoms with Crippen molar-refractivity contribution in [2.45, 2.75) is 50.1 Å². The standard InChI is InChI=1S/C16H23NO/c1-12-16(9-5-7-14(11-16)17(12)2)13-6-4-8-15(10-13)18-3/h4,6,8,10,12,14H,5,7,9,11H2,1-3H3/t12-,14+,16+/m1/s1. The lowest BCUT2D eigenvalue weighted by atomic mass is 9.67. The van der Waals surface area contributed by atoms with Crippen molar-refractivity contribution in [2.75, 3.05) is 14.2 Å². The van der Waals surface area contributed by atoms with E-state index in [0.717, 1.165) is 11.8 Å². The van der Waals surface area contributed by atoms with Crippen molar-refractivity contribution in [3.8, 4) is 5.75 Å². The largest absolute Gasteiger partial charge is 0.497 e. The summed E-state index contributed by atoms with van der Waals surface area (Å²) < 4.78 is 5.40. The molecule has 1 aliphatic carbocycles. The highest BCUT2D eigenvalue weighted by Gasteiger charge is 2.51. The number of benzene rings is 1. The fraction of sp³-hybridized carbons (Fsp3) is 0.625. The van der Waals surface area contributed by atoms with E-state index in [2.05, 4.69) is 37.1 Å². The lowest BCUT2D eigenvalue weighted by Gasteiger charge is -2.36.